The number of nitrogens with zero attached hydrogens (tertiary/aromatic N) is 2. The quantitative estimate of drug-likeness (QED) is 0.782. The zero-order valence-corrected chi connectivity index (χ0v) is 11.4. The largest absolute Gasteiger partial charge is 0.309 e. The van der Waals surface area contributed by atoms with Crippen molar-refractivity contribution in [1.82, 2.24) is 15.1 Å². The summed E-state index contributed by atoms with van der Waals surface area (Å²) in [4.78, 5) is 0. The van der Waals surface area contributed by atoms with Crippen LogP contribution >= 0.6 is 0 Å². The molecule has 2 atom stereocenters. The van der Waals surface area contributed by atoms with Gasteiger partial charge in [0.15, 0.2) is 9.84 Å². The van der Waals surface area contributed by atoms with Crippen LogP contribution in [0.25, 0.3) is 0 Å². The molecule has 1 aromatic heterocycles. The summed E-state index contributed by atoms with van der Waals surface area (Å²) in [5, 5.41) is 7.38. The molecule has 0 fully saturated rings. The second-order valence-corrected chi connectivity index (χ2v) is 6.79. The maximum absolute atomic E-state index is 11.5. The van der Waals surface area contributed by atoms with Crippen molar-refractivity contribution in [2.45, 2.75) is 39.4 Å². The molecule has 0 spiro atoms. The van der Waals surface area contributed by atoms with Crippen molar-refractivity contribution in [2.75, 3.05) is 11.5 Å². The smallest absolute Gasteiger partial charge is 0.151 e. The molecule has 0 aliphatic heterocycles. The highest BCUT2D eigenvalue weighted by Crippen LogP contribution is 1.98. The van der Waals surface area contributed by atoms with Gasteiger partial charge in [0, 0.05) is 30.2 Å². The van der Waals surface area contributed by atoms with Crippen LogP contribution in [0.5, 0.6) is 0 Å². The van der Waals surface area contributed by atoms with Crippen LogP contribution in [-0.2, 0) is 16.4 Å². The Labute approximate surface area is 103 Å². The summed E-state index contributed by atoms with van der Waals surface area (Å²) >= 11 is 0. The second kappa shape index (κ2) is 6.16. The minimum atomic E-state index is -2.91. The zero-order valence-electron chi connectivity index (χ0n) is 10.6. The van der Waals surface area contributed by atoms with E-state index in [4.69, 9.17) is 0 Å². The number of nitrogens with one attached hydrogen (secondary N) is 1. The molecule has 1 aromatic rings. The standard InChI is InChI=1S/C11H21N3O2S/c1-4-17(15,16)9-11(3)13-10(2)8-14-7-5-6-12-14/h5-7,10-11,13H,4,8-9H2,1-3H3. The molecule has 0 saturated carbocycles. The molecule has 2 unspecified atom stereocenters. The van der Waals surface area contributed by atoms with E-state index in [0.717, 1.165) is 6.54 Å². The van der Waals surface area contributed by atoms with Gasteiger partial charge < -0.3 is 5.32 Å². The molecule has 0 amide bonds. The molecular formula is C11H21N3O2S. The molecule has 1 heterocycles. The molecular weight excluding hydrogens is 238 g/mol. The summed E-state index contributed by atoms with van der Waals surface area (Å²) in [6.45, 7) is 6.34. The number of hydrogen-bond donors (Lipinski definition) is 1. The van der Waals surface area contributed by atoms with E-state index in [9.17, 15) is 8.42 Å². The van der Waals surface area contributed by atoms with E-state index < -0.39 is 9.84 Å². The van der Waals surface area contributed by atoms with Crippen LogP contribution < -0.4 is 5.32 Å². The van der Waals surface area contributed by atoms with E-state index in [0.29, 0.717) is 0 Å². The second-order valence-electron chi connectivity index (χ2n) is 4.40. The van der Waals surface area contributed by atoms with Crippen molar-refractivity contribution in [2.24, 2.45) is 0 Å². The van der Waals surface area contributed by atoms with Crippen molar-refractivity contribution in [1.29, 1.82) is 0 Å². The van der Waals surface area contributed by atoms with Gasteiger partial charge in [-0.05, 0) is 19.9 Å². The Morgan fingerprint density at radius 1 is 1.35 bits per heavy atom. The van der Waals surface area contributed by atoms with E-state index in [1.165, 1.54) is 0 Å². The molecule has 0 saturated heterocycles. The first-order valence-electron chi connectivity index (χ1n) is 5.87. The number of rotatable bonds is 7. The highest BCUT2D eigenvalue weighted by Gasteiger charge is 2.15. The fraction of sp³-hybridized carbons (Fsp3) is 0.727. The summed E-state index contributed by atoms with van der Waals surface area (Å²) in [6, 6.07) is 2.03. The van der Waals surface area contributed by atoms with E-state index in [-0.39, 0.29) is 23.6 Å². The Balaban J connectivity index is 2.38. The van der Waals surface area contributed by atoms with Gasteiger partial charge in [-0.2, -0.15) is 5.10 Å². The lowest BCUT2D eigenvalue weighted by atomic mass is 10.3. The Bertz CT molecular complexity index is 414. The van der Waals surface area contributed by atoms with Crippen LogP contribution in [0.4, 0.5) is 0 Å². The summed E-state index contributed by atoms with van der Waals surface area (Å²) in [5.41, 5.74) is 0. The minimum Gasteiger partial charge on any atom is -0.309 e. The van der Waals surface area contributed by atoms with Gasteiger partial charge in [0.05, 0.1) is 12.3 Å². The van der Waals surface area contributed by atoms with E-state index in [2.05, 4.69) is 10.4 Å². The SMILES string of the molecule is CCS(=O)(=O)CC(C)NC(C)Cn1cccn1. The monoisotopic (exact) mass is 259 g/mol. The zero-order chi connectivity index (χ0) is 12.9. The fourth-order valence-electron chi connectivity index (χ4n) is 1.77. The van der Waals surface area contributed by atoms with Crippen LogP contribution in [0.2, 0.25) is 0 Å². The van der Waals surface area contributed by atoms with E-state index in [1.807, 2.05) is 30.8 Å². The molecule has 5 nitrogen and oxygen atoms in total. The van der Waals surface area contributed by atoms with Gasteiger partial charge in [-0.3, -0.25) is 4.68 Å². The lowest BCUT2D eigenvalue weighted by molar-refractivity contribution is 0.419. The van der Waals surface area contributed by atoms with Gasteiger partial charge in [-0.25, -0.2) is 8.42 Å². The van der Waals surface area contributed by atoms with Crippen LogP contribution in [0.15, 0.2) is 18.5 Å². The molecule has 0 aliphatic rings. The first kappa shape index (κ1) is 14.2. The third-order valence-electron chi connectivity index (χ3n) is 2.53. The normalized spacial score (nSPS) is 15.7. The molecule has 17 heavy (non-hydrogen) atoms. The third-order valence-corrected chi connectivity index (χ3v) is 4.42. The van der Waals surface area contributed by atoms with Crippen LogP contribution in [0, 0.1) is 0 Å². The van der Waals surface area contributed by atoms with Gasteiger partial charge in [0.2, 0.25) is 0 Å². The number of sulfone groups is 1. The van der Waals surface area contributed by atoms with Crippen molar-refractivity contribution in [3.63, 3.8) is 0 Å². The van der Waals surface area contributed by atoms with Gasteiger partial charge >= 0.3 is 0 Å². The summed E-state index contributed by atoms with van der Waals surface area (Å²) in [6.07, 6.45) is 3.63. The lowest BCUT2D eigenvalue weighted by Crippen LogP contribution is -2.41. The van der Waals surface area contributed by atoms with Gasteiger partial charge in [-0.15, -0.1) is 0 Å². The Hall–Kier alpha value is -0.880. The fourth-order valence-corrected chi connectivity index (χ4v) is 2.87. The predicted octanol–water partition coefficient (Wildman–Crippen LogP) is 0.684. The summed E-state index contributed by atoms with van der Waals surface area (Å²) in [7, 11) is -2.91. The van der Waals surface area contributed by atoms with Crippen molar-refractivity contribution < 1.29 is 8.42 Å². The van der Waals surface area contributed by atoms with Crippen LogP contribution in [0.3, 0.4) is 0 Å². The average Bonchev–Trinajstić information content (AvgIpc) is 2.69. The van der Waals surface area contributed by atoms with Crippen LogP contribution in [0.1, 0.15) is 20.8 Å². The Kier molecular flexibility index (Phi) is 5.14. The summed E-state index contributed by atoms with van der Waals surface area (Å²) in [5.74, 6) is 0.388. The highest BCUT2D eigenvalue weighted by atomic mass is 32.2. The molecule has 1 N–H and O–H groups in total. The number of aromatic nitrogens is 2. The van der Waals surface area contributed by atoms with E-state index in [1.54, 1.807) is 13.1 Å². The highest BCUT2D eigenvalue weighted by molar-refractivity contribution is 7.91. The average molecular weight is 259 g/mol. The van der Waals surface area contributed by atoms with Crippen molar-refractivity contribution >= 4 is 9.84 Å². The van der Waals surface area contributed by atoms with Gasteiger partial charge in [-0.1, -0.05) is 6.92 Å². The van der Waals surface area contributed by atoms with E-state index >= 15 is 0 Å². The third kappa shape index (κ3) is 5.32. The van der Waals surface area contributed by atoms with Gasteiger partial charge in [0.25, 0.3) is 0 Å². The lowest BCUT2D eigenvalue weighted by Gasteiger charge is -2.19. The number of hydrogen-bond acceptors (Lipinski definition) is 4. The first-order valence-corrected chi connectivity index (χ1v) is 7.69. The molecule has 0 bridgehead atoms. The first-order chi connectivity index (χ1) is 7.93. The Morgan fingerprint density at radius 3 is 2.59 bits per heavy atom. The maximum atomic E-state index is 11.5. The minimum absolute atomic E-state index is 0.0366. The van der Waals surface area contributed by atoms with Gasteiger partial charge in [0.1, 0.15) is 0 Å². The summed E-state index contributed by atoms with van der Waals surface area (Å²) < 4.78 is 24.7. The molecule has 0 aromatic carbocycles. The molecule has 98 valence electrons. The predicted molar refractivity (Wildman–Crippen MR) is 68.6 cm³/mol. The van der Waals surface area contributed by atoms with Crippen molar-refractivity contribution in [3.8, 4) is 0 Å². The van der Waals surface area contributed by atoms with Crippen LogP contribution in [-0.4, -0.2) is 41.8 Å². The molecule has 6 heteroatoms. The molecule has 0 aliphatic carbocycles. The molecule has 1 rings (SSSR count). The Morgan fingerprint density at radius 2 is 2.06 bits per heavy atom. The maximum Gasteiger partial charge on any atom is 0.151 e. The topological polar surface area (TPSA) is 64.0 Å². The molecule has 0 radical (unpaired) electrons. The van der Waals surface area contributed by atoms with Crippen molar-refractivity contribution in [3.05, 3.63) is 18.5 Å².